The molecule has 2 rings (SSSR count). The maximum Gasteiger partial charge on any atom is 0.191 e. The van der Waals surface area contributed by atoms with Gasteiger partial charge in [-0.2, -0.15) is 0 Å². The van der Waals surface area contributed by atoms with Crippen LogP contribution in [0.3, 0.4) is 0 Å². The monoisotopic (exact) mass is 529 g/mol. The van der Waals surface area contributed by atoms with E-state index in [1.54, 1.807) is 7.05 Å². The molecule has 2 N–H and O–H groups in total. The van der Waals surface area contributed by atoms with Gasteiger partial charge in [0, 0.05) is 36.3 Å². The second kappa shape index (κ2) is 9.38. The molecule has 0 heterocycles. The third-order valence-electron chi connectivity index (χ3n) is 4.10. The van der Waals surface area contributed by atoms with E-state index < -0.39 is 9.84 Å². The highest BCUT2D eigenvalue weighted by molar-refractivity contribution is 14.0. The molecule has 24 heavy (non-hydrogen) atoms. The molecule has 1 aromatic rings. The van der Waals surface area contributed by atoms with Crippen molar-refractivity contribution in [1.29, 1.82) is 0 Å². The summed E-state index contributed by atoms with van der Waals surface area (Å²) in [5, 5.41) is 6.54. The molecule has 8 heteroatoms. The first-order valence-corrected chi connectivity index (χ1v) is 10.6. The Morgan fingerprint density at radius 1 is 1.29 bits per heavy atom. The Morgan fingerprint density at radius 3 is 2.50 bits per heavy atom. The number of halogens is 2. The zero-order valence-corrected chi connectivity index (χ0v) is 18.7. The van der Waals surface area contributed by atoms with E-state index in [4.69, 9.17) is 0 Å². The molecule has 0 spiro atoms. The van der Waals surface area contributed by atoms with Crippen molar-refractivity contribution in [3.05, 3.63) is 34.3 Å². The van der Waals surface area contributed by atoms with E-state index in [1.807, 2.05) is 6.07 Å². The van der Waals surface area contributed by atoms with E-state index in [1.165, 1.54) is 11.8 Å². The molecule has 0 saturated heterocycles. The molecule has 0 radical (unpaired) electrons. The Kier molecular flexibility index (Phi) is 8.47. The molecule has 0 unspecified atom stereocenters. The second-order valence-electron chi connectivity index (χ2n) is 6.10. The van der Waals surface area contributed by atoms with Gasteiger partial charge in [-0.3, -0.25) is 4.99 Å². The van der Waals surface area contributed by atoms with E-state index in [0.717, 1.165) is 29.8 Å². The lowest BCUT2D eigenvalue weighted by atomic mass is 9.96. The van der Waals surface area contributed by atoms with Crippen LogP contribution >= 0.6 is 39.9 Å². The van der Waals surface area contributed by atoms with Crippen molar-refractivity contribution in [2.24, 2.45) is 4.99 Å². The normalized spacial score (nSPS) is 16.2. The molecular formula is C16H25BrIN3O2S. The summed E-state index contributed by atoms with van der Waals surface area (Å²) in [7, 11) is -1.17. The van der Waals surface area contributed by atoms with Gasteiger partial charge in [-0.15, -0.1) is 24.0 Å². The van der Waals surface area contributed by atoms with Gasteiger partial charge in [0.05, 0.1) is 5.75 Å². The lowest BCUT2D eigenvalue weighted by molar-refractivity contribution is 0.597. The topological polar surface area (TPSA) is 70.6 Å². The van der Waals surface area contributed by atoms with Crippen molar-refractivity contribution in [3.63, 3.8) is 0 Å². The summed E-state index contributed by atoms with van der Waals surface area (Å²) in [6.45, 7) is 1.41. The fraction of sp³-hybridized carbons (Fsp3) is 0.562. The Labute approximate surface area is 170 Å². The molecule has 5 nitrogen and oxygen atoms in total. The predicted octanol–water partition coefficient (Wildman–Crippen LogP) is 2.70. The first-order chi connectivity index (χ1) is 10.9. The number of sulfone groups is 1. The number of benzene rings is 1. The molecule has 0 amide bonds. The number of nitrogens with zero attached hydrogens (tertiary/aromatic N) is 1. The lowest BCUT2D eigenvalue weighted by Gasteiger charge is -2.20. The fourth-order valence-electron chi connectivity index (χ4n) is 2.60. The SMILES string of the molecule is CN=C(NCCCS(C)(=O)=O)NCC1(c2ccccc2Br)CC1.I. The quantitative estimate of drug-likeness (QED) is 0.246. The summed E-state index contributed by atoms with van der Waals surface area (Å²) in [6.07, 6.45) is 4.16. The van der Waals surface area contributed by atoms with Crippen LogP contribution in [0.2, 0.25) is 0 Å². The Bertz CT molecular complexity index is 676. The van der Waals surface area contributed by atoms with Crippen molar-refractivity contribution in [2.45, 2.75) is 24.7 Å². The van der Waals surface area contributed by atoms with Crippen LogP contribution in [0.4, 0.5) is 0 Å². The highest BCUT2D eigenvalue weighted by atomic mass is 127. The van der Waals surface area contributed by atoms with Crippen LogP contribution in [0, 0.1) is 0 Å². The van der Waals surface area contributed by atoms with Crippen molar-refractivity contribution in [1.82, 2.24) is 10.6 Å². The zero-order chi connectivity index (χ0) is 16.9. The number of hydrogen-bond donors (Lipinski definition) is 2. The third kappa shape index (κ3) is 6.51. The molecule has 0 aromatic heterocycles. The molecule has 0 bridgehead atoms. The molecule has 1 saturated carbocycles. The van der Waals surface area contributed by atoms with Gasteiger partial charge < -0.3 is 10.6 Å². The average molecular weight is 530 g/mol. The molecule has 0 atom stereocenters. The summed E-state index contributed by atoms with van der Waals surface area (Å²) < 4.78 is 23.4. The highest BCUT2D eigenvalue weighted by Crippen LogP contribution is 2.49. The van der Waals surface area contributed by atoms with Gasteiger partial charge in [-0.25, -0.2) is 8.42 Å². The summed E-state index contributed by atoms with van der Waals surface area (Å²) in [4.78, 5) is 4.20. The average Bonchev–Trinajstić information content (AvgIpc) is 3.27. The predicted molar refractivity (Wildman–Crippen MR) is 114 cm³/mol. The number of aliphatic imine (C=N–C) groups is 1. The van der Waals surface area contributed by atoms with Crippen molar-refractivity contribution in [3.8, 4) is 0 Å². The minimum absolute atomic E-state index is 0. The molecule has 1 aromatic carbocycles. The van der Waals surface area contributed by atoms with Gasteiger partial charge in [-0.05, 0) is 30.9 Å². The van der Waals surface area contributed by atoms with Gasteiger partial charge in [0.15, 0.2) is 5.96 Å². The van der Waals surface area contributed by atoms with Crippen LogP contribution in [0.25, 0.3) is 0 Å². The first kappa shape index (κ1) is 21.7. The van der Waals surface area contributed by atoms with Crippen LogP contribution in [0.15, 0.2) is 33.7 Å². The molecule has 0 aliphatic heterocycles. The number of nitrogens with one attached hydrogen (secondary N) is 2. The van der Waals surface area contributed by atoms with Gasteiger partial charge in [0.2, 0.25) is 0 Å². The van der Waals surface area contributed by atoms with E-state index >= 15 is 0 Å². The summed E-state index contributed by atoms with van der Waals surface area (Å²) >= 11 is 3.64. The number of guanidine groups is 1. The smallest absolute Gasteiger partial charge is 0.191 e. The Hall–Kier alpha value is -0.350. The van der Waals surface area contributed by atoms with Crippen LogP contribution in [-0.4, -0.2) is 46.5 Å². The highest BCUT2D eigenvalue weighted by Gasteiger charge is 2.45. The third-order valence-corrected chi connectivity index (χ3v) is 5.82. The molecule has 1 aliphatic rings. The molecule has 1 fully saturated rings. The Balaban J connectivity index is 0.00000288. The van der Waals surface area contributed by atoms with Gasteiger partial charge in [0.1, 0.15) is 9.84 Å². The van der Waals surface area contributed by atoms with Crippen LogP contribution < -0.4 is 10.6 Å². The van der Waals surface area contributed by atoms with Crippen LogP contribution in [0.1, 0.15) is 24.8 Å². The molecule has 136 valence electrons. The van der Waals surface area contributed by atoms with Crippen LogP contribution in [0.5, 0.6) is 0 Å². The van der Waals surface area contributed by atoms with E-state index in [9.17, 15) is 8.42 Å². The zero-order valence-electron chi connectivity index (χ0n) is 14.0. The summed E-state index contributed by atoms with van der Waals surface area (Å²) in [6, 6.07) is 8.34. The van der Waals surface area contributed by atoms with E-state index in [0.29, 0.717) is 13.0 Å². The van der Waals surface area contributed by atoms with Crippen molar-refractivity contribution >= 4 is 55.7 Å². The van der Waals surface area contributed by atoms with Crippen LogP contribution in [-0.2, 0) is 15.3 Å². The summed E-state index contributed by atoms with van der Waals surface area (Å²) in [5.41, 5.74) is 1.50. The first-order valence-electron chi connectivity index (χ1n) is 7.74. The lowest BCUT2D eigenvalue weighted by Crippen LogP contribution is -2.41. The second-order valence-corrected chi connectivity index (χ2v) is 9.21. The summed E-state index contributed by atoms with van der Waals surface area (Å²) in [5.74, 6) is 0.912. The van der Waals surface area contributed by atoms with Crippen molar-refractivity contribution < 1.29 is 8.42 Å². The number of hydrogen-bond acceptors (Lipinski definition) is 3. The number of rotatable bonds is 7. The van der Waals surface area contributed by atoms with Crippen molar-refractivity contribution in [2.75, 3.05) is 32.1 Å². The maximum atomic E-state index is 11.1. The maximum absolute atomic E-state index is 11.1. The largest absolute Gasteiger partial charge is 0.356 e. The minimum Gasteiger partial charge on any atom is -0.356 e. The van der Waals surface area contributed by atoms with Gasteiger partial charge >= 0.3 is 0 Å². The van der Waals surface area contributed by atoms with E-state index in [-0.39, 0.29) is 35.1 Å². The Morgan fingerprint density at radius 2 is 1.96 bits per heavy atom. The fourth-order valence-corrected chi connectivity index (χ4v) is 3.97. The molecule has 1 aliphatic carbocycles. The molecular weight excluding hydrogens is 505 g/mol. The van der Waals surface area contributed by atoms with Gasteiger partial charge in [0.25, 0.3) is 0 Å². The standard InChI is InChI=1S/C16H24BrN3O2S.HI/c1-18-15(19-10-5-11-23(2,21)22)20-12-16(8-9-16)13-6-3-4-7-14(13)17;/h3-4,6-7H,5,8-12H2,1-2H3,(H2,18,19,20);1H. The van der Waals surface area contributed by atoms with Gasteiger partial charge in [-0.1, -0.05) is 34.1 Å². The van der Waals surface area contributed by atoms with E-state index in [2.05, 4.69) is 49.8 Å². The minimum atomic E-state index is -2.90.